The Morgan fingerprint density at radius 1 is 1.33 bits per heavy atom. The van der Waals surface area contributed by atoms with Crippen LogP contribution in [0, 0.1) is 0 Å². The number of hydrogen-bond donors (Lipinski definition) is 0. The Morgan fingerprint density at radius 3 is 2.17 bits per heavy atom. The van der Waals surface area contributed by atoms with E-state index in [9.17, 15) is 0 Å². The van der Waals surface area contributed by atoms with Crippen molar-refractivity contribution in [3.8, 4) is 0 Å². The number of rotatable bonds is 1. The molecule has 0 saturated carbocycles. The van der Waals surface area contributed by atoms with Crippen molar-refractivity contribution in [1.82, 2.24) is 14.8 Å². The minimum Gasteiger partial charge on any atom is -0.253 e. The molecule has 3 heteroatoms. The molecule has 0 unspecified atom stereocenters. The molecule has 1 rings (SSSR count). The standard InChI is InChI=1S/C9H17N3/c1-6-7-10-8(9(2,3)4)11-12(7)5/h6H2,1-5H3. The van der Waals surface area contributed by atoms with Gasteiger partial charge in [0.05, 0.1) is 0 Å². The van der Waals surface area contributed by atoms with Crippen LogP contribution in [-0.4, -0.2) is 14.8 Å². The van der Waals surface area contributed by atoms with Gasteiger partial charge >= 0.3 is 0 Å². The van der Waals surface area contributed by atoms with Crippen molar-refractivity contribution >= 4 is 0 Å². The maximum atomic E-state index is 4.45. The third-order valence-corrected chi connectivity index (χ3v) is 1.84. The lowest BCUT2D eigenvalue weighted by molar-refractivity contribution is 0.538. The summed E-state index contributed by atoms with van der Waals surface area (Å²) in [4.78, 5) is 4.45. The summed E-state index contributed by atoms with van der Waals surface area (Å²) >= 11 is 0. The summed E-state index contributed by atoms with van der Waals surface area (Å²) in [7, 11) is 1.95. The summed E-state index contributed by atoms with van der Waals surface area (Å²) in [6.07, 6.45) is 0.944. The minimum atomic E-state index is 0.0607. The van der Waals surface area contributed by atoms with Crippen LogP contribution in [0.5, 0.6) is 0 Å². The van der Waals surface area contributed by atoms with E-state index in [-0.39, 0.29) is 5.41 Å². The first-order valence-electron chi connectivity index (χ1n) is 4.35. The number of hydrogen-bond acceptors (Lipinski definition) is 2. The first kappa shape index (κ1) is 9.23. The summed E-state index contributed by atoms with van der Waals surface area (Å²) in [6, 6.07) is 0. The largest absolute Gasteiger partial charge is 0.253 e. The Labute approximate surface area is 73.8 Å². The fourth-order valence-corrected chi connectivity index (χ4v) is 1.04. The molecule has 1 heterocycles. The molecular weight excluding hydrogens is 150 g/mol. The second kappa shape index (κ2) is 2.88. The van der Waals surface area contributed by atoms with Crippen LogP contribution in [0.25, 0.3) is 0 Å². The van der Waals surface area contributed by atoms with Gasteiger partial charge in [-0.3, -0.25) is 4.68 Å². The summed E-state index contributed by atoms with van der Waals surface area (Å²) in [5.41, 5.74) is 0.0607. The molecule has 0 atom stereocenters. The fraction of sp³-hybridized carbons (Fsp3) is 0.778. The maximum Gasteiger partial charge on any atom is 0.156 e. The molecule has 1 aromatic heterocycles. The van der Waals surface area contributed by atoms with Crippen molar-refractivity contribution < 1.29 is 0 Å². The van der Waals surface area contributed by atoms with Crippen molar-refractivity contribution in [2.24, 2.45) is 7.05 Å². The fourth-order valence-electron chi connectivity index (χ4n) is 1.04. The van der Waals surface area contributed by atoms with Gasteiger partial charge in [0.1, 0.15) is 5.82 Å². The second-order valence-corrected chi connectivity index (χ2v) is 4.08. The van der Waals surface area contributed by atoms with E-state index in [0.29, 0.717) is 0 Å². The third-order valence-electron chi connectivity index (χ3n) is 1.84. The number of aromatic nitrogens is 3. The Morgan fingerprint density at radius 2 is 1.92 bits per heavy atom. The van der Waals surface area contributed by atoms with Crippen molar-refractivity contribution in [2.45, 2.75) is 39.5 Å². The third kappa shape index (κ3) is 1.65. The number of aryl methyl sites for hydroxylation is 2. The van der Waals surface area contributed by atoms with Gasteiger partial charge in [-0.2, -0.15) is 5.10 Å². The van der Waals surface area contributed by atoms with Gasteiger partial charge in [-0.25, -0.2) is 4.98 Å². The molecule has 0 N–H and O–H groups in total. The molecule has 12 heavy (non-hydrogen) atoms. The van der Waals surface area contributed by atoms with Gasteiger partial charge in [-0.15, -0.1) is 0 Å². The molecule has 0 aromatic carbocycles. The minimum absolute atomic E-state index is 0.0607. The molecule has 1 aromatic rings. The van der Waals surface area contributed by atoms with E-state index in [1.807, 2.05) is 11.7 Å². The molecule has 0 aliphatic heterocycles. The van der Waals surface area contributed by atoms with Gasteiger partial charge < -0.3 is 0 Å². The Balaban J connectivity index is 3.05. The van der Waals surface area contributed by atoms with Crippen LogP contribution in [0.1, 0.15) is 39.3 Å². The topological polar surface area (TPSA) is 30.7 Å². The highest BCUT2D eigenvalue weighted by molar-refractivity contribution is 5.02. The van der Waals surface area contributed by atoms with Crippen molar-refractivity contribution in [2.75, 3.05) is 0 Å². The normalized spacial score (nSPS) is 12.1. The van der Waals surface area contributed by atoms with Gasteiger partial charge in [0.25, 0.3) is 0 Å². The van der Waals surface area contributed by atoms with E-state index >= 15 is 0 Å². The van der Waals surface area contributed by atoms with Crippen LogP contribution in [0.15, 0.2) is 0 Å². The summed E-state index contributed by atoms with van der Waals surface area (Å²) in [5.74, 6) is 1.99. The monoisotopic (exact) mass is 167 g/mol. The quantitative estimate of drug-likeness (QED) is 0.637. The summed E-state index contributed by atoms with van der Waals surface area (Å²) in [5, 5.41) is 4.36. The molecule has 0 radical (unpaired) electrons. The second-order valence-electron chi connectivity index (χ2n) is 4.08. The SMILES string of the molecule is CCc1nc(C(C)(C)C)nn1C. The molecule has 0 amide bonds. The zero-order valence-electron chi connectivity index (χ0n) is 8.55. The van der Waals surface area contributed by atoms with Crippen LogP contribution in [0.3, 0.4) is 0 Å². The van der Waals surface area contributed by atoms with Gasteiger partial charge in [0.2, 0.25) is 0 Å². The summed E-state index contributed by atoms with van der Waals surface area (Å²) < 4.78 is 1.86. The highest BCUT2D eigenvalue weighted by atomic mass is 15.3. The predicted octanol–water partition coefficient (Wildman–Crippen LogP) is 1.68. The first-order chi connectivity index (χ1) is 5.45. The lowest BCUT2D eigenvalue weighted by atomic mass is 9.96. The van der Waals surface area contributed by atoms with Gasteiger partial charge in [-0.05, 0) is 0 Å². The highest BCUT2D eigenvalue weighted by Gasteiger charge is 2.19. The number of nitrogens with zero attached hydrogens (tertiary/aromatic N) is 3. The molecule has 0 aliphatic carbocycles. The Kier molecular flexibility index (Phi) is 2.22. The average molecular weight is 167 g/mol. The Bertz CT molecular complexity index is 268. The van der Waals surface area contributed by atoms with Gasteiger partial charge in [0, 0.05) is 18.9 Å². The zero-order valence-corrected chi connectivity index (χ0v) is 8.55. The lowest BCUT2D eigenvalue weighted by Crippen LogP contribution is -2.13. The molecule has 0 spiro atoms. The van der Waals surface area contributed by atoms with Crippen molar-refractivity contribution in [3.63, 3.8) is 0 Å². The van der Waals surface area contributed by atoms with E-state index in [2.05, 4.69) is 37.8 Å². The first-order valence-corrected chi connectivity index (χ1v) is 4.35. The van der Waals surface area contributed by atoms with Crippen LogP contribution < -0.4 is 0 Å². The molecular formula is C9H17N3. The van der Waals surface area contributed by atoms with E-state index in [1.165, 1.54) is 0 Å². The zero-order chi connectivity index (χ0) is 9.35. The molecule has 3 nitrogen and oxygen atoms in total. The Hall–Kier alpha value is -0.860. The highest BCUT2D eigenvalue weighted by Crippen LogP contribution is 2.18. The molecule has 0 saturated heterocycles. The molecule has 0 aliphatic rings. The van der Waals surface area contributed by atoms with Gasteiger partial charge in [-0.1, -0.05) is 27.7 Å². The molecule has 68 valence electrons. The van der Waals surface area contributed by atoms with Crippen molar-refractivity contribution in [1.29, 1.82) is 0 Å². The van der Waals surface area contributed by atoms with Crippen LogP contribution in [-0.2, 0) is 18.9 Å². The predicted molar refractivity (Wildman–Crippen MR) is 49.1 cm³/mol. The molecule has 0 fully saturated rings. The van der Waals surface area contributed by atoms with Crippen molar-refractivity contribution in [3.05, 3.63) is 11.6 Å². The van der Waals surface area contributed by atoms with E-state index in [4.69, 9.17) is 0 Å². The lowest BCUT2D eigenvalue weighted by Gasteiger charge is -2.11. The van der Waals surface area contributed by atoms with Crippen LogP contribution in [0.4, 0.5) is 0 Å². The van der Waals surface area contributed by atoms with Crippen LogP contribution in [0.2, 0.25) is 0 Å². The molecule has 0 bridgehead atoms. The van der Waals surface area contributed by atoms with E-state index in [1.54, 1.807) is 0 Å². The van der Waals surface area contributed by atoms with Crippen LogP contribution >= 0.6 is 0 Å². The summed E-state index contributed by atoms with van der Waals surface area (Å²) in [6.45, 7) is 8.47. The van der Waals surface area contributed by atoms with Gasteiger partial charge in [0.15, 0.2) is 5.82 Å². The van der Waals surface area contributed by atoms with E-state index < -0.39 is 0 Å². The average Bonchev–Trinajstić information content (AvgIpc) is 2.29. The van der Waals surface area contributed by atoms with E-state index in [0.717, 1.165) is 18.1 Å². The maximum absolute atomic E-state index is 4.45. The smallest absolute Gasteiger partial charge is 0.156 e.